The van der Waals surface area contributed by atoms with Crippen LogP contribution in [0, 0.1) is 0 Å². The predicted molar refractivity (Wildman–Crippen MR) is 107 cm³/mol. The molecule has 2 atom stereocenters. The Morgan fingerprint density at radius 3 is 2.61 bits per heavy atom. The van der Waals surface area contributed by atoms with E-state index in [4.69, 9.17) is 21.4 Å². The minimum atomic E-state index is -0.431. The SMILES string of the molecule is Oc1ccc([C@@H]2Oc3ccccc3[C@@H]3CC(c4cc(Cl)ccc4O)=NN32)cc1. The standard InChI is InChI=1S/C22H17ClN2O3/c23-14-7-10-20(27)17(11-14)18-12-19-16-3-1-2-4-21(16)28-22(25(19)24-18)13-5-8-15(26)9-6-13/h1-11,19,22,26-27H,12H2/t19-,22-/m0/s1. The van der Waals surface area contributed by atoms with Crippen molar-refractivity contribution in [3.05, 3.63) is 88.4 Å². The lowest BCUT2D eigenvalue weighted by Crippen LogP contribution is -2.33. The smallest absolute Gasteiger partial charge is 0.213 e. The molecule has 140 valence electrons. The zero-order valence-electron chi connectivity index (χ0n) is 14.8. The monoisotopic (exact) mass is 392 g/mol. The average Bonchev–Trinajstić information content (AvgIpc) is 3.15. The number of fused-ring (bicyclic) bond motifs is 3. The van der Waals surface area contributed by atoms with Crippen LogP contribution < -0.4 is 4.74 Å². The van der Waals surface area contributed by atoms with E-state index in [9.17, 15) is 10.2 Å². The molecule has 0 unspecified atom stereocenters. The Hall–Kier alpha value is -3.18. The van der Waals surface area contributed by atoms with Crippen molar-refractivity contribution in [2.24, 2.45) is 5.10 Å². The van der Waals surface area contributed by atoms with Gasteiger partial charge in [-0.1, -0.05) is 29.8 Å². The van der Waals surface area contributed by atoms with Crippen molar-refractivity contribution in [3.63, 3.8) is 0 Å². The van der Waals surface area contributed by atoms with Gasteiger partial charge in [-0.15, -0.1) is 0 Å². The predicted octanol–water partition coefficient (Wildman–Crippen LogP) is 4.99. The summed E-state index contributed by atoms with van der Waals surface area (Å²) >= 11 is 6.14. The van der Waals surface area contributed by atoms with Crippen molar-refractivity contribution in [1.82, 2.24) is 5.01 Å². The number of para-hydroxylation sites is 1. The molecule has 0 amide bonds. The van der Waals surface area contributed by atoms with Crippen LogP contribution in [0.15, 0.2) is 71.8 Å². The summed E-state index contributed by atoms with van der Waals surface area (Å²) in [5.41, 5.74) is 3.33. The molecule has 2 heterocycles. The van der Waals surface area contributed by atoms with Crippen LogP contribution in [-0.2, 0) is 0 Å². The van der Waals surface area contributed by atoms with Crippen molar-refractivity contribution >= 4 is 17.3 Å². The normalized spacial score (nSPS) is 20.2. The summed E-state index contributed by atoms with van der Waals surface area (Å²) in [6.07, 6.45) is 0.197. The van der Waals surface area contributed by atoms with Crippen molar-refractivity contribution in [1.29, 1.82) is 0 Å². The first-order valence-electron chi connectivity index (χ1n) is 8.99. The van der Waals surface area contributed by atoms with E-state index in [1.165, 1.54) is 0 Å². The molecule has 28 heavy (non-hydrogen) atoms. The molecule has 3 aromatic carbocycles. The Morgan fingerprint density at radius 2 is 1.79 bits per heavy atom. The largest absolute Gasteiger partial charge is 0.508 e. The second-order valence-corrected chi connectivity index (χ2v) is 7.34. The van der Waals surface area contributed by atoms with Gasteiger partial charge in [-0.25, -0.2) is 5.01 Å². The lowest BCUT2D eigenvalue weighted by Gasteiger charge is -2.38. The topological polar surface area (TPSA) is 65.3 Å². The second-order valence-electron chi connectivity index (χ2n) is 6.91. The number of halogens is 1. The summed E-state index contributed by atoms with van der Waals surface area (Å²) in [5.74, 6) is 1.16. The number of hydrogen-bond acceptors (Lipinski definition) is 5. The van der Waals surface area contributed by atoms with Gasteiger partial charge in [0.05, 0.1) is 11.8 Å². The highest BCUT2D eigenvalue weighted by Gasteiger charge is 2.41. The third kappa shape index (κ3) is 2.75. The molecule has 0 saturated heterocycles. The number of benzene rings is 3. The number of ether oxygens (including phenoxy) is 1. The molecule has 0 radical (unpaired) electrons. The lowest BCUT2D eigenvalue weighted by molar-refractivity contribution is -0.0190. The summed E-state index contributed by atoms with van der Waals surface area (Å²) < 4.78 is 6.26. The van der Waals surface area contributed by atoms with Crippen molar-refractivity contribution in [2.45, 2.75) is 18.7 Å². The van der Waals surface area contributed by atoms with Crippen LogP contribution in [0.25, 0.3) is 0 Å². The van der Waals surface area contributed by atoms with Gasteiger partial charge in [0.15, 0.2) is 0 Å². The maximum atomic E-state index is 10.3. The summed E-state index contributed by atoms with van der Waals surface area (Å²) in [4.78, 5) is 0. The van der Waals surface area contributed by atoms with Gasteiger partial charge in [0.1, 0.15) is 17.2 Å². The van der Waals surface area contributed by atoms with E-state index in [1.807, 2.05) is 41.4 Å². The molecular formula is C22H17ClN2O3. The number of aromatic hydroxyl groups is 2. The van der Waals surface area contributed by atoms with Gasteiger partial charge in [0, 0.05) is 28.1 Å². The quantitative estimate of drug-likeness (QED) is 0.644. The second kappa shape index (κ2) is 6.46. The van der Waals surface area contributed by atoms with E-state index in [0.717, 1.165) is 22.6 Å². The number of hydrazone groups is 1. The summed E-state index contributed by atoms with van der Waals surface area (Å²) in [5, 5.41) is 27.2. The van der Waals surface area contributed by atoms with Gasteiger partial charge in [0.25, 0.3) is 0 Å². The lowest BCUT2D eigenvalue weighted by atomic mass is 9.95. The van der Waals surface area contributed by atoms with Gasteiger partial charge in [-0.05, 0) is 48.5 Å². The van der Waals surface area contributed by atoms with Crippen LogP contribution in [0.3, 0.4) is 0 Å². The van der Waals surface area contributed by atoms with E-state index < -0.39 is 6.23 Å². The van der Waals surface area contributed by atoms with Crippen LogP contribution in [-0.4, -0.2) is 20.9 Å². The molecule has 2 aliphatic heterocycles. The average molecular weight is 393 g/mol. The first kappa shape index (κ1) is 17.0. The van der Waals surface area contributed by atoms with Crippen molar-refractivity contribution in [2.75, 3.05) is 0 Å². The third-order valence-corrected chi connectivity index (χ3v) is 5.38. The minimum absolute atomic E-state index is 0.0165. The number of rotatable bonds is 2. The maximum Gasteiger partial charge on any atom is 0.213 e. The molecule has 2 aliphatic rings. The maximum absolute atomic E-state index is 10.3. The van der Waals surface area contributed by atoms with Crippen LogP contribution in [0.1, 0.15) is 35.4 Å². The van der Waals surface area contributed by atoms with Gasteiger partial charge in [-0.3, -0.25) is 0 Å². The fourth-order valence-corrected chi connectivity index (χ4v) is 3.97. The molecule has 5 nitrogen and oxygen atoms in total. The van der Waals surface area contributed by atoms with Gasteiger partial charge >= 0.3 is 0 Å². The van der Waals surface area contributed by atoms with Crippen LogP contribution in [0.2, 0.25) is 5.02 Å². The van der Waals surface area contributed by atoms with E-state index in [2.05, 4.69) is 0 Å². The first-order valence-corrected chi connectivity index (χ1v) is 9.37. The highest BCUT2D eigenvalue weighted by molar-refractivity contribution is 6.31. The van der Waals surface area contributed by atoms with E-state index in [1.54, 1.807) is 30.3 Å². The molecule has 0 aliphatic carbocycles. The Kier molecular flexibility index (Phi) is 3.91. The van der Waals surface area contributed by atoms with Gasteiger partial charge in [0.2, 0.25) is 6.23 Å². The molecule has 3 aromatic rings. The number of phenolic OH excluding ortho intramolecular Hbond substituents is 2. The summed E-state index contributed by atoms with van der Waals surface area (Å²) in [6, 6.07) is 19.8. The number of phenols is 2. The Bertz CT molecular complexity index is 1080. The van der Waals surface area contributed by atoms with Crippen LogP contribution >= 0.6 is 11.6 Å². The summed E-state index contributed by atoms with van der Waals surface area (Å²) in [6.45, 7) is 0. The van der Waals surface area contributed by atoms with E-state index in [-0.39, 0.29) is 17.5 Å². The van der Waals surface area contributed by atoms with Crippen LogP contribution in [0.4, 0.5) is 0 Å². The number of nitrogens with zero attached hydrogens (tertiary/aromatic N) is 2. The highest BCUT2D eigenvalue weighted by Crippen LogP contribution is 2.48. The zero-order valence-corrected chi connectivity index (χ0v) is 15.5. The fourth-order valence-electron chi connectivity index (χ4n) is 3.80. The van der Waals surface area contributed by atoms with E-state index in [0.29, 0.717) is 17.0 Å². The summed E-state index contributed by atoms with van der Waals surface area (Å²) in [7, 11) is 0. The molecule has 6 heteroatoms. The molecule has 0 bridgehead atoms. The van der Waals surface area contributed by atoms with Crippen molar-refractivity contribution < 1.29 is 14.9 Å². The van der Waals surface area contributed by atoms with Gasteiger partial charge < -0.3 is 14.9 Å². The zero-order chi connectivity index (χ0) is 19.3. The van der Waals surface area contributed by atoms with Crippen molar-refractivity contribution in [3.8, 4) is 17.2 Å². The molecule has 2 N–H and O–H groups in total. The third-order valence-electron chi connectivity index (χ3n) is 5.15. The first-order chi connectivity index (χ1) is 13.6. The minimum Gasteiger partial charge on any atom is -0.508 e. The molecule has 0 fully saturated rings. The van der Waals surface area contributed by atoms with E-state index >= 15 is 0 Å². The molecule has 5 rings (SSSR count). The fraction of sp³-hybridized carbons (Fsp3) is 0.136. The molecule has 0 spiro atoms. The molecule has 0 saturated carbocycles. The Morgan fingerprint density at radius 1 is 1.00 bits per heavy atom. The molecular weight excluding hydrogens is 376 g/mol. The van der Waals surface area contributed by atoms with Gasteiger partial charge in [-0.2, -0.15) is 5.10 Å². The number of hydrogen-bond donors (Lipinski definition) is 2. The highest BCUT2D eigenvalue weighted by atomic mass is 35.5. The van der Waals surface area contributed by atoms with Crippen LogP contribution in [0.5, 0.6) is 17.2 Å². The Labute approximate surface area is 167 Å². The molecule has 0 aromatic heterocycles. The Balaban J connectivity index is 1.61.